The number of anilines is 1. The molecule has 0 bridgehead atoms. The van der Waals surface area contributed by atoms with Gasteiger partial charge in [-0.3, -0.25) is 10.1 Å². The Morgan fingerprint density at radius 2 is 1.59 bits per heavy atom. The van der Waals surface area contributed by atoms with Gasteiger partial charge in [0.2, 0.25) is 15.2 Å². The highest BCUT2D eigenvalue weighted by Gasteiger charge is 2.18. The molecule has 0 radical (unpaired) electrons. The lowest BCUT2D eigenvalue weighted by molar-refractivity contribution is 0.102. The molecular weight excluding hydrogens is 408 g/mol. The van der Waals surface area contributed by atoms with Crippen LogP contribution in [-0.4, -0.2) is 42.9 Å². The van der Waals surface area contributed by atoms with Gasteiger partial charge in [0.05, 0.1) is 4.90 Å². The molecule has 1 aromatic heterocycles. The number of carbonyl (C=O) groups is 1. The summed E-state index contributed by atoms with van der Waals surface area (Å²) in [7, 11) is -0.618. The quantitative estimate of drug-likeness (QED) is 0.667. The number of sulfonamides is 1. The number of hydrogen-bond acceptors (Lipinski definition) is 6. The number of hydrogen-bond donors (Lipinski definition) is 1. The number of amides is 1. The summed E-state index contributed by atoms with van der Waals surface area (Å²) >= 11 is 1.30. The topological polar surface area (TPSA) is 92.3 Å². The lowest BCUT2D eigenvalue weighted by Crippen LogP contribution is -2.22. The van der Waals surface area contributed by atoms with E-state index in [1.54, 1.807) is 0 Å². The molecule has 1 amide bonds. The van der Waals surface area contributed by atoms with Crippen molar-refractivity contribution >= 4 is 32.4 Å². The molecule has 9 heteroatoms. The minimum atomic E-state index is -3.54. The molecule has 0 aliphatic carbocycles. The van der Waals surface area contributed by atoms with Gasteiger partial charge in [-0.2, -0.15) is 0 Å². The first-order valence-corrected chi connectivity index (χ1v) is 11.1. The van der Waals surface area contributed by atoms with Crippen LogP contribution in [0.4, 0.5) is 5.13 Å². The van der Waals surface area contributed by atoms with E-state index in [-0.39, 0.29) is 10.8 Å². The molecule has 2 aromatic carbocycles. The van der Waals surface area contributed by atoms with Crippen molar-refractivity contribution in [2.75, 3.05) is 19.4 Å². The Morgan fingerprint density at radius 1 is 1.00 bits per heavy atom. The summed E-state index contributed by atoms with van der Waals surface area (Å²) in [6.07, 6.45) is 0. The summed E-state index contributed by atoms with van der Waals surface area (Å²) < 4.78 is 25.4. The number of aryl methyl sites for hydroxylation is 3. The predicted molar refractivity (Wildman–Crippen MR) is 115 cm³/mol. The lowest BCUT2D eigenvalue weighted by atomic mass is 10.0. The molecule has 152 valence electrons. The van der Waals surface area contributed by atoms with Crippen molar-refractivity contribution in [1.29, 1.82) is 0 Å². The van der Waals surface area contributed by atoms with Crippen LogP contribution in [0.25, 0.3) is 10.6 Å². The van der Waals surface area contributed by atoms with E-state index in [1.807, 2.05) is 20.8 Å². The fourth-order valence-corrected chi connectivity index (χ4v) is 4.87. The molecule has 0 unspecified atom stereocenters. The molecular formula is C20H22N4O3S2. The van der Waals surface area contributed by atoms with Gasteiger partial charge in [0, 0.05) is 25.2 Å². The van der Waals surface area contributed by atoms with E-state index in [0.717, 1.165) is 26.0 Å². The molecule has 7 nitrogen and oxygen atoms in total. The van der Waals surface area contributed by atoms with Crippen LogP contribution in [0.5, 0.6) is 0 Å². The first kappa shape index (κ1) is 21.1. The third-order valence-electron chi connectivity index (χ3n) is 4.43. The Balaban J connectivity index is 1.79. The molecule has 3 aromatic rings. The van der Waals surface area contributed by atoms with Crippen molar-refractivity contribution in [3.8, 4) is 10.6 Å². The Morgan fingerprint density at radius 3 is 2.14 bits per heavy atom. The second-order valence-electron chi connectivity index (χ2n) is 6.95. The number of nitrogens with zero attached hydrogens (tertiary/aromatic N) is 3. The van der Waals surface area contributed by atoms with E-state index in [0.29, 0.717) is 10.7 Å². The summed E-state index contributed by atoms with van der Waals surface area (Å²) in [6.45, 7) is 6.10. The Bertz CT molecular complexity index is 1140. The number of rotatable bonds is 5. The minimum absolute atomic E-state index is 0.127. The van der Waals surface area contributed by atoms with Crippen LogP contribution in [0.1, 0.15) is 27.0 Å². The zero-order chi connectivity index (χ0) is 21.3. The molecule has 1 heterocycles. The van der Waals surface area contributed by atoms with Crippen LogP contribution in [0.3, 0.4) is 0 Å². The maximum Gasteiger partial charge on any atom is 0.257 e. The number of nitrogens with one attached hydrogen (secondary N) is 1. The number of benzene rings is 2. The molecule has 0 atom stereocenters. The molecule has 0 saturated heterocycles. The summed E-state index contributed by atoms with van der Waals surface area (Å²) in [5, 5.41) is 12.1. The van der Waals surface area contributed by atoms with Crippen molar-refractivity contribution in [2.24, 2.45) is 0 Å². The fourth-order valence-electron chi connectivity index (χ4n) is 3.05. The smallest absolute Gasteiger partial charge is 0.257 e. The highest BCUT2D eigenvalue weighted by Crippen LogP contribution is 2.32. The predicted octanol–water partition coefficient (Wildman–Crippen LogP) is 3.63. The van der Waals surface area contributed by atoms with Crippen LogP contribution in [0.2, 0.25) is 0 Å². The van der Waals surface area contributed by atoms with Crippen molar-refractivity contribution in [3.63, 3.8) is 0 Å². The van der Waals surface area contributed by atoms with E-state index in [1.165, 1.54) is 55.3 Å². The number of aromatic nitrogens is 2. The molecule has 29 heavy (non-hydrogen) atoms. The normalized spacial score (nSPS) is 11.7. The van der Waals surface area contributed by atoms with Crippen LogP contribution in [-0.2, 0) is 10.0 Å². The van der Waals surface area contributed by atoms with Crippen molar-refractivity contribution in [3.05, 3.63) is 58.7 Å². The maximum atomic E-state index is 12.5. The van der Waals surface area contributed by atoms with Gasteiger partial charge in [-0.15, -0.1) is 10.2 Å². The maximum absolute atomic E-state index is 12.5. The van der Waals surface area contributed by atoms with Gasteiger partial charge in [-0.1, -0.05) is 29.0 Å². The minimum Gasteiger partial charge on any atom is -0.296 e. The molecule has 3 rings (SSSR count). The molecule has 0 saturated carbocycles. The van der Waals surface area contributed by atoms with Gasteiger partial charge in [-0.25, -0.2) is 12.7 Å². The van der Waals surface area contributed by atoms with Gasteiger partial charge in [0.1, 0.15) is 5.01 Å². The number of carbonyl (C=O) groups excluding carboxylic acids is 1. The fraction of sp³-hybridized carbons (Fsp3) is 0.250. The summed E-state index contributed by atoms with van der Waals surface area (Å²) in [5.41, 5.74) is 4.75. The van der Waals surface area contributed by atoms with Crippen molar-refractivity contribution in [2.45, 2.75) is 25.7 Å². The van der Waals surface area contributed by atoms with Crippen molar-refractivity contribution < 1.29 is 13.2 Å². The highest BCUT2D eigenvalue weighted by molar-refractivity contribution is 7.89. The van der Waals surface area contributed by atoms with Gasteiger partial charge in [0.25, 0.3) is 5.91 Å². The van der Waals surface area contributed by atoms with Crippen LogP contribution in [0.15, 0.2) is 41.3 Å². The first-order valence-electron chi connectivity index (χ1n) is 8.85. The largest absolute Gasteiger partial charge is 0.296 e. The van der Waals surface area contributed by atoms with E-state index in [4.69, 9.17) is 0 Å². The third-order valence-corrected chi connectivity index (χ3v) is 7.12. The standard InChI is InChI=1S/C20H22N4O3S2/c1-12-10-13(2)17(14(3)11-12)19-22-23-20(28-19)21-18(25)15-6-8-16(9-7-15)29(26,27)24(4)5/h6-11H,1-5H3,(H,21,23,25). The van der Waals surface area contributed by atoms with Crippen LogP contribution in [0, 0.1) is 20.8 Å². The second kappa shape index (κ2) is 8.02. The van der Waals surface area contributed by atoms with Crippen LogP contribution >= 0.6 is 11.3 Å². The molecule has 1 N–H and O–H groups in total. The van der Waals surface area contributed by atoms with E-state index >= 15 is 0 Å². The summed E-state index contributed by atoms with van der Waals surface area (Å²) in [4.78, 5) is 12.6. The van der Waals surface area contributed by atoms with Gasteiger partial charge >= 0.3 is 0 Å². The first-order chi connectivity index (χ1) is 13.6. The van der Waals surface area contributed by atoms with Crippen LogP contribution < -0.4 is 5.32 Å². The van der Waals surface area contributed by atoms with Crippen molar-refractivity contribution in [1.82, 2.24) is 14.5 Å². The van der Waals surface area contributed by atoms with Gasteiger partial charge in [0.15, 0.2) is 0 Å². The molecule has 0 aliphatic heterocycles. The highest BCUT2D eigenvalue weighted by atomic mass is 32.2. The summed E-state index contributed by atoms with van der Waals surface area (Å²) in [6, 6.07) is 9.95. The molecule has 0 fully saturated rings. The Labute approximate surface area is 174 Å². The van der Waals surface area contributed by atoms with E-state index in [9.17, 15) is 13.2 Å². The average Bonchev–Trinajstić information content (AvgIpc) is 3.08. The second-order valence-corrected chi connectivity index (χ2v) is 10.1. The molecule has 0 aliphatic rings. The third kappa shape index (κ3) is 4.36. The van der Waals surface area contributed by atoms with E-state index in [2.05, 4.69) is 27.6 Å². The monoisotopic (exact) mass is 430 g/mol. The SMILES string of the molecule is Cc1cc(C)c(-c2nnc(NC(=O)c3ccc(S(=O)(=O)N(C)C)cc3)s2)c(C)c1. The summed E-state index contributed by atoms with van der Waals surface area (Å²) in [5.74, 6) is -0.376. The zero-order valence-electron chi connectivity index (χ0n) is 16.8. The van der Waals surface area contributed by atoms with E-state index < -0.39 is 10.0 Å². The van der Waals surface area contributed by atoms with Gasteiger partial charge in [-0.05, 0) is 56.2 Å². The zero-order valence-corrected chi connectivity index (χ0v) is 18.5. The lowest BCUT2D eigenvalue weighted by Gasteiger charge is -2.11. The average molecular weight is 431 g/mol. The van der Waals surface area contributed by atoms with Gasteiger partial charge < -0.3 is 0 Å². The molecule has 0 spiro atoms. The Hall–Kier alpha value is -2.62. The Kier molecular flexibility index (Phi) is 5.83.